The van der Waals surface area contributed by atoms with Gasteiger partial charge in [-0.3, -0.25) is 4.99 Å². The molecule has 1 saturated heterocycles. The smallest absolute Gasteiger partial charge is 0.194 e. The average Bonchev–Trinajstić information content (AvgIpc) is 3.40. The molecule has 0 saturated carbocycles. The van der Waals surface area contributed by atoms with E-state index < -0.39 is 0 Å². The van der Waals surface area contributed by atoms with Crippen LogP contribution in [0.5, 0.6) is 0 Å². The van der Waals surface area contributed by atoms with Crippen LogP contribution < -0.4 is 10.2 Å². The Balaban J connectivity index is 1.29. The minimum absolute atomic E-state index is 0.810. The monoisotopic (exact) mass is 396 g/mol. The lowest BCUT2D eigenvalue weighted by Gasteiger charge is -2.37. The van der Waals surface area contributed by atoms with Crippen molar-refractivity contribution in [3.63, 3.8) is 0 Å². The number of piperazine rings is 1. The third-order valence-corrected chi connectivity index (χ3v) is 5.93. The van der Waals surface area contributed by atoms with Gasteiger partial charge in [0.25, 0.3) is 0 Å². The van der Waals surface area contributed by atoms with Gasteiger partial charge in [-0.05, 0) is 43.0 Å². The number of para-hydroxylation sites is 2. The summed E-state index contributed by atoms with van der Waals surface area (Å²) in [6, 6.07) is 12.5. The van der Waals surface area contributed by atoms with Crippen LogP contribution in [0.1, 0.15) is 19.2 Å². The maximum Gasteiger partial charge on any atom is 0.194 e. The largest absolute Gasteiger partial charge is 0.360 e. The zero-order chi connectivity index (χ0) is 19.2. The van der Waals surface area contributed by atoms with E-state index in [4.69, 9.17) is 4.99 Å². The zero-order valence-electron chi connectivity index (χ0n) is 16.4. The van der Waals surface area contributed by atoms with Crippen molar-refractivity contribution in [2.24, 2.45) is 4.99 Å². The summed E-state index contributed by atoms with van der Waals surface area (Å²) in [6.45, 7) is 7.94. The highest BCUT2D eigenvalue weighted by molar-refractivity contribution is 7.14. The van der Waals surface area contributed by atoms with Crippen LogP contribution in [-0.4, -0.2) is 60.1 Å². The van der Waals surface area contributed by atoms with Crippen LogP contribution in [0, 0.1) is 0 Å². The first-order chi connectivity index (χ1) is 13.8. The number of aromatic amines is 1. The molecule has 7 heteroatoms. The fourth-order valence-electron chi connectivity index (χ4n) is 3.57. The van der Waals surface area contributed by atoms with Crippen molar-refractivity contribution in [3.05, 3.63) is 47.6 Å². The second kappa shape index (κ2) is 9.10. The van der Waals surface area contributed by atoms with E-state index in [0.29, 0.717) is 0 Å². The fourth-order valence-corrected chi connectivity index (χ4v) is 4.36. The normalized spacial score (nSPS) is 15.4. The molecule has 0 spiro atoms. The topological polar surface area (TPSA) is 59.6 Å². The number of nitrogens with zero attached hydrogens (tertiary/aromatic N) is 4. The molecule has 1 aliphatic heterocycles. The molecule has 0 bridgehead atoms. The number of aromatic nitrogens is 2. The number of guanidine groups is 1. The summed E-state index contributed by atoms with van der Waals surface area (Å²) in [5.41, 5.74) is 2.15. The van der Waals surface area contributed by atoms with Crippen molar-refractivity contribution in [1.82, 2.24) is 20.2 Å². The number of anilines is 1. The molecule has 3 aromatic rings. The van der Waals surface area contributed by atoms with E-state index in [9.17, 15) is 0 Å². The summed E-state index contributed by atoms with van der Waals surface area (Å²) >= 11 is 1.82. The van der Waals surface area contributed by atoms with E-state index >= 15 is 0 Å². The van der Waals surface area contributed by atoms with Gasteiger partial charge in [-0.2, -0.15) is 0 Å². The molecule has 3 heterocycles. The Labute approximate surface area is 170 Å². The van der Waals surface area contributed by atoms with Gasteiger partial charge in [-0.15, -0.1) is 11.3 Å². The van der Waals surface area contributed by atoms with Crippen LogP contribution in [0.3, 0.4) is 0 Å². The molecule has 2 N–H and O–H groups in total. The first-order valence-corrected chi connectivity index (χ1v) is 11.0. The molecular weight excluding hydrogens is 368 g/mol. The van der Waals surface area contributed by atoms with E-state index in [1.165, 1.54) is 5.00 Å². The molecule has 148 valence electrons. The summed E-state index contributed by atoms with van der Waals surface area (Å²) in [5.74, 6) is 2.09. The first-order valence-electron chi connectivity index (χ1n) is 10.1. The van der Waals surface area contributed by atoms with Crippen LogP contribution in [0.25, 0.3) is 11.0 Å². The molecule has 1 fully saturated rings. The van der Waals surface area contributed by atoms with Crippen molar-refractivity contribution in [3.8, 4) is 0 Å². The summed E-state index contributed by atoms with van der Waals surface area (Å²) in [4.78, 5) is 17.8. The van der Waals surface area contributed by atoms with Crippen LogP contribution in [0.2, 0.25) is 0 Å². The third-order valence-electron chi connectivity index (χ3n) is 5.00. The van der Waals surface area contributed by atoms with Crippen LogP contribution >= 0.6 is 11.3 Å². The highest BCUT2D eigenvalue weighted by atomic mass is 32.1. The van der Waals surface area contributed by atoms with Gasteiger partial charge < -0.3 is 20.1 Å². The third kappa shape index (κ3) is 4.47. The van der Waals surface area contributed by atoms with Gasteiger partial charge in [0.05, 0.1) is 16.0 Å². The number of nitrogens with one attached hydrogen (secondary N) is 2. The second-order valence-corrected chi connectivity index (χ2v) is 7.89. The van der Waals surface area contributed by atoms with Crippen molar-refractivity contribution in [1.29, 1.82) is 0 Å². The van der Waals surface area contributed by atoms with E-state index in [0.717, 1.165) is 74.9 Å². The molecule has 6 nitrogen and oxygen atoms in total. The van der Waals surface area contributed by atoms with Crippen molar-refractivity contribution in [2.75, 3.05) is 44.2 Å². The van der Waals surface area contributed by atoms with Gasteiger partial charge in [-0.25, -0.2) is 4.98 Å². The van der Waals surface area contributed by atoms with Crippen LogP contribution in [0.4, 0.5) is 5.00 Å². The number of hydrogen-bond acceptors (Lipinski definition) is 4. The van der Waals surface area contributed by atoms with Gasteiger partial charge in [0.15, 0.2) is 5.96 Å². The van der Waals surface area contributed by atoms with Gasteiger partial charge in [-0.1, -0.05) is 12.1 Å². The number of rotatable bonds is 6. The number of benzene rings is 1. The highest BCUT2D eigenvalue weighted by Gasteiger charge is 2.20. The Morgan fingerprint density at radius 3 is 2.79 bits per heavy atom. The number of thiophene rings is 1. The number of aryl methyl sites for hydroxylation is 1. The number of H-pyrrole nitrogens is 1. The molecule has 2 aromatic heterocycles. The van der Waals surface area contributed by atoms with E-state index in [-0.39, 0.29) is 0 Å². The fraction of sp³-hybridized carbons (Fsp3) is 0.429. The van der Waals surface area contributed by atoms with Crippen LogP contribution in [-0.2, 0) is 6.42 Å². The maximum absolute atomic E-state index is 4.87. The summed E-state index contributed by atoms with van der Waals surface area (Å²) in [5, 5.41) is 6.97. The molecule has 0 radical (unpaired) electrons. The molecule has 0 unspecified atom stereocenters. The molecular formula is C21H28N6S. The SMILES string of the molecule is CCNC(=NCCCc1nc2ccccc2[nH]1)N1CCN(c2cccs2)CC1. The Morgan fingerprint density at radius 1 is 1.18 bits per heavy atom. The Kier molecular flexibility index (Phi) is 6.11. The zero-order valence-corrected chi connectivity index (χ0v) is 17.2. The van der Waals surface area contributed by atoms with Crippen molar-refractivity contribution < 1.29 is 0 Å². The van der Waals surface area contributed by atoms with E-state index in [2.05, 4.69) is 55.6 Å². The van der Waals surface area contributed by atoms with Gasteiger partial charge >= 0.3 is 0 Å². The molecule has 0 aliphatic carbocycles. The predicted octanol–water partition coefficient (Wildman–Crippen LogP) is 3.34. The number of hydrogen-bond donors (Lipinski definition) is 2. The average molecular weight is 397 g/mol. The Bertz CT molecular complexity index is 860. The van der Waals surface area contributed by atoms with E-state index in [1.807, 2.05) is 29.5 Å². The second-order valence-electron chi connectivity index (χ2n) is 6.97. The summed E-state index contributed by atoms with van der Waals surface area (Å²) in [6.07, 6.45) is 1.91. The van der Waals surface area contributed by atoms with Crippen LogP contribution in [0.15, 0.2) is 46.8 Å². The molecule has 28 heavy (non-hydrogen) atoms. The Morgan fingerprint density at radius 2 is 2.04 bits per heavy atom. The lowest BCUT2D eigenvalue weighted by Crippen LogP contribution is -2.52. The predicted molar refractivity (Wildman–Crippen MR) is 118 cm³/mol. The Hall–Kier alpha value is -2.54. The van der Waals surface area contributed by atoms with Gasteiger partial charge in [0.2, 0.25) is 0 Å². The molecule has 1 aromatic carbocycles. The molecule has 0 atom stereocenters. The standard InChI is InChI=1S/C21H28N6S/c1-2-22-21(27-14-12-26(13-15-27)20-10-6-16-28-20)23-11-5-9-19-24-17-7-3-4-8-18(17)25-19/h3-4,6-8,10,16H,2,5,9,11-15H2,1H3,(H,22,23)(H,24,25). The first kappa shape index (κ1) is 18.8. The number of imidazole rings is 1. The summed E-state index contributed by atoms with van der Waals surface area (Å²) in [7, 11) is 0. The molecule has 4 rings (SSSR count). The van der Waals surface area contributed by atoms with Gasteiger partial charge in [0.1, 0.15) is 5.82 Å². The quantitative estimate of drug-likeness (QED) is 0.381. The van der Waals surface area contributed by atoms with E-state index in [1.54, 1.807) is 0 Å². The van der Waals surface area contributed by atoms with Crippen molar-refractivity contribution in [2.45, 2.75) is 19.8 Å². The highest BCUT2D eigenvalue weighted by Crippen LogP contribution is 2.22. The molecule has 1 aliphatic rings. The lowest BCUT2D eigenvalue weighted by atomic mass is 10.3. The minimum atomic E-state index is 0.810. The lowest BCUT2D eigenvalue weighted by molar-refractivity contribution is 0.373. The van der Waals surface area contributed by atoms with Gasteiger partial charge in [0, 0.05) is 45.7 Å². The number of fused-ring (bicyclic) bond motifs is 1. The summed E-state index contributed by atoms with van der Waals surface area (Å²) < 4.78 is 0. The van der Waals surface area contributed by atoms with Crippen molar-refractivity contribution >= 4 is 33.3 Å². The molecule has 0 amide bonds. The minimum Gasteiger partial charge on any atom is -0.360 e. The maximum atomic E-state index is 4.87. The number of aliphatic imine (C=N–C) groups is 1.